The predicted octanol–water partition coefficient (Wildman–Crippen LogP) is 2.38. The van der Waals surface area contributed by atoms with Gasteiger partial charge in [0, 0.05) is 6.42 Å². The van der Waals surface area contributed by atoms with Gasteiger partial charge in [0.15, 0.2) is 6.29 Å². The molecule has 0 bridgehead atoms. The Labute approximate surface area is 112 Å². The van der Waals surface area contributed by atoms with Crippen molar-refractivity contribution in [2.45, 2.75) is 18.1 Å². The van der Waals surface area contributed by atoms with Crippen molar-refractivity contribution in [1.29, 1.82) is 0 Å². The molecule has 98 valence electrons. The molecule has 1 atom stereocenters. The third kappa shape index (κ3) is 2.53. The van der Waals surface area contributed by atoms with Gasteiger partial charge in [-0.1, -0.05) is 42.5 Å². The number of carbonyl (C=O) groups is 1. The van der Waals surface area contributed by atoms with E-state index in [1.54, 1.807) is 0 Å². The maximum Gasteiger partial charge on any atom is 0.156 e. The number of hydrogen-bond acceptors (Lipinski definition) is 3. The molecule has 0 aromatic heterocycles. The van der Waals surface area contributed by atoms with Gasteiger partial charge in [0.1, 0.15) is 11.7 Å². The number of rotatable bonds is 4. The van der Waals surface area contributed by atoms with Crippen LogP contribution < -0.4 is 0 Å². The molecule has 0 radical (unpaired) electrons. The molecule has 0 saturated carbocycles. The van der Waals surface area contributed by atoms with Crippen LogP contribution in [0.25, 0.3) is 5.57 Å². The van der Waals surface area contributed by atoms with Crippen molar-refractivity contribution in [1.82, 2.24) is 0 Å². The molecule has 3 rings (SSSR count). The topological polar surface area (TPSA) is 35.5 Å². The highest BCUT2D eigenvalue weighted by molar-refractivity contribution is 5.78. The van der Waals surface area contributed by atoms with E-state index in [-0.39, 0.29) is 6.10 Å². The fourth-order valence-corrected chi connectivity index (χ4v) is 2.38. The van der Waals surface area contributed by atoms with Gasteiger partial charge < -0.3 is 9.47 Å². The maximum atomic E-state index is 11.5. The number of carbonyl (C=O) groups excluding carboxylic acids is 1. The molecule has 1 heterocycles. The number of ether oxygens (including phenoxy) is 2. The minimum Gasteiger partial charge on any atom is -0.376 e. The lowest BCUT2D eigenvalue weighted by Crippen LogP contribution is -2.46. The van der Waals surface area contributed by atoms with Gasteiger partial charge in [0.2, 0.25) is 0 Å². The summed E-state index contributed by atoms with van der Waals surface area (Å²) in [7, 11) is 0. The minimum absolute atomic E-state index is 0.0324. The second-order valence-electron chi connectivity index (χ2n) is 4.94. The first-order chi connectivity index (χ1) is 9.31. The van der Waals surface area contributed by atoms with Crippen LogP contribution in [0, 0.1) is 0 Å². The van der Waals surface area contributed by atoms with E-state index in [4.69, 9.17) is 9.47 Å². The molecule has 1 aromatic rings. The first kappa shape index (κ1) is 12.3. The normalized spacial score (nSPS) is 26.6. The van der Waals surface area contributed by atoms with Crippen molar-refractivity contribution in [3.05, 3.63) is 54.1 Å². The standard InChI is InChI=1S/C16H16O3/c17-12-16(19-15-10-18-11-15)8-4-7-14(9-16)13-5-2-1-3-6-13/h1-8,12,15H,9-11H2. The molecule has 3 heteroatoms. The summed E-state index contributed by atoms with van der Waals surface area (Å²) in [5.41, 5.74) is 1.41. The highest BCUT2D eigenvalue weighted by Gasteiger charge is 2.36. The Kier molecular flexibility index (Phi) is 3.32. The van der Waals surface area contributed by atoms with Crippen LogP contribution in [0.1, 0.15) is 12.0 Å². The van der Waals surface area contributed by atoms with E-state index >= 15 is 0 Å². The molecule has 0 N–H and O–H groups in total. The summed E-state index contributed by atoms with van der Waals surface area (Å²) in [6, 6.07) is 10.1. The smallest absolute Gasteiger partial charge is 0.156 e. The van der Waals surface area contributed by atoms with Gasteiger partial charge in [0.05, 0.1) is 13.2 Å². The second-order valence-corrected chi connectivity index (χ2v) is 4.94. The fourth-order valence-electron chi connectivity index (χ4n) is 2.38. The number of aldehydes is 1. The summed E-state index contributed by atoms with van der Waals surface area (Å²) in [6.07, 6.45) is 7.29. The summed E-state index contributed by atoms with van der Waals surface area (Å²) in [4.78, 5) is 11.5. The van der Waals surface area contributed by atoms with E-state index < -0.39 is 5.60 Å². The lowest BCUT2D eigenvalue weighted by molar-refractivity contribution is -0.176. The van der Waals surface area contributed by atoms with Crippen molar-refractivity contribution >= 4 is 11.9 Å². The fraction of sp³-hybridized carbons (Fsp3) is 0.312. The Morgan fingerprint density at radius 1 is 1.26 bits per heavy atom. The van der Waals surface area contributed by atoms with Crippen LogP contribution in [0.2, 0.25) is 0 Å². The summed E-state index contributed by atoms with van der Waals surface area (Å²) in [6.45, 7) is 1.15. The molecule has 1 fully saturated rings. The average Bonchev–Trinajstić information content (AvgIpc) is 2.44. The first-order valence-corrected chi connectivity index (χ1v) is 6.47. The Bertz CT molecular complexity index is 514. The Morgan fingerprint density at radius 3 is 2.68 bits per heavy atom. The summed E-state index contributed by atoms with van der Waals surface area (Å²) in [5.74, 6) is 0. The summed E-state index contributed by atoms with van der Waals surface area (Å²) < 4.78 is 11.0. The van der Waals surface area contributed by atoms with Crippen LogP contribution in [0.3, 0.4) is 0 Å². The maximum absolute atomic E-state index is 11.5. The summed E-state index contributed by atoms with van der Waals surface area (Å²) >= 11 is 0. The minimum atomic E-state index is -0.839. The van der Waals surface area contributed by atoms with Crippen LogP contribution in [-0.4, -0.2) is 31.2 Å². The molecule has 1 aliphatic heterocycles. The molecule has 1 aliphatic carbocycles. The van der Waals surface area contributed by atoms with Crippen molar-refractivity contribution in [2.24, 2.45) is 0 Å². The number of hydrogen-bond donors (Lipinski definition) is 0. The van der Waals surface area contributed by atoms with Crippen LogP contribution >= 0.6 is 0 Å². The zero-order chi connectivity index (χ0) is 13.1. The van der Waals surface area contributed by atoms with Gasteiger partial charge in [0.25, 0.3) is 0 Å². The number of allylic oxidation sites excluding steroid dienone is 2. The summed E-state index contributed by atoms with van der Waals surface area (Å²) in [5, 5.41) is 0. The Balaban J connectivity index is 1.80. The predicted molar refractivity (Wildman–Crippen MR) is 72.7 cm³/mol. The van der Waals surface area contributed by atoms with E-state index in [9.17, 15) is 4.79 Å². The van der Waals surface area contributed by atoms with Crippen molar-refractivity contribution < 1.29 is 14.3 Å². The van der Waals surface area contributed by atoms with Crippen molar-refractivity contribution in [3.8, 4) is 0 Å². The van der Waals surface area contributed by atoms with Crippen LogP contribution in [-0.2, 0) is 14.3 Å². The molecule has 3 nitrogen and oxygen atoms in total. The van der Waals surface area contributed by atoms with E-state index in [2.05, 4.69) is 0 Å². The number of benzene rings is 1. The molecule has 1 unspecified atom stereocenters. The third-order valence-corrected chi connectivity index (χ3v) is 3.48. The lowest BCUT2D eigenvalue weighted by atomic mass is 9.87. The Hall–Kier alpha value is -1.71. The molecule has 19 heavy (non-hydrogen) atoms. The highest BCUT2D eigenvalue weighted by Crippen LogP contribution is 2.33. The molecule has 2 aliphatic rings. The largest absolute Gasteiger partial charge is 0.376 e. The second kappa shape index (κ2) is 5.11. The Morgan fingerprint density at radius 2 is 2.05 bits per heavy atom. The van der Waals surface area contributed by atoms with Crippen LogP contribution in [0.4, 0.5) is 0 Å². The molecule has 1 aromatic carbocycles. The third-order valence-electron chi connectivity index (χ3n) is 3.48. The van der Waals surface area contributed by atoms with Gasteiger partial charge in [-0.15, -0.1) is 0 Å². The zero-order valence-corrected chi connectivity index (χ0v) is 10.6. The van der Waals surface area contributed by atoms with Gasteiger partial charge in [-0.3, -0.25) is 4.79 Å². The van der Waals surface area contributed by atoms with Gasteiger partial charge in [-0.25, -0.2) is 0 Å². The average molecular weight is 256 g/mol. The van der Waals surface area contributed by atoms with Gasteiger partial charge >= 0.3 is 0 Å². The molecular formula is C16H16O3. The molecule has 1 saturated heterocycles. The monoisotopic (exact) mass is 256 g/mol. The van der Waals surface area contributed by atoms with E-state index in [1.165, 1.54) is 0 Å². The quantitative estimate of drug-likeness (QED) is 0.776. The molecule has 0 spiro atoms. The van der Waals surface area contributed by atoms with Crippen molar-refractivity contribution in [2.75, 3.05) is 13.2 Å². The first-order valence-electron chi connectivity index (χ1n) is 6.47. The van der Waals surface area contributed by atoms with Gasteiger partial charge in [-0.05, 0) is 17.2 Å². The van der Waals surface area contributed by atoms with Crippen LogP contribution in [0.15, 0.2) is 48.6 Å². The zero-order valence-electron chi connectivity index (χ0n) is 10.6. The van der Waals surface area contributed by atoms with Gasteiger partial charge in [-0.2, -0.15) is 0 Å². The van der Waals surface area contributed by atoms with E-state index in [1.807, 2.05) is 48.6 Å². The highest BCUT2D eigenvalue weighted by atomic mass is 16.6. The lowest BCUT2D eigenvalue weighted by Gasteiger charge is -2.36. The molecule has 0 amide bonds. The van der Waals surface area contributed by atoms with Crippen LogP contribution in [0.5, 0.6) is 0 Å². The van der Waals surface area contributed by atoms with E-state index in [0.717, 1.165) is 17.4 Å². The SMILES string of the molecule is O=CC1(OC2COC2)C=CC=C(c2ccccc2)C1. The van der Waals surface area contributed by atoms with E-state index in [0.29, 0.717) is 19.6 Å². The molecular weight excluding hydrogens is 240 g/mol. The van der Waals surface area contributed by atoms with Crippen molar-refractivity contribution in [3.63, 3.8) is 0 Å².